The van der Waals surface area contributed by atoms with E-state index in [1.165, 1.54) is 11.6 Å². The summed E-state index contributed by atoms with van der Waals surface area (Å²) in [5.74, 6) is 0.159. The van der Waals surface area contributed by atoms with Crippen molar-refractivity contribution < 1.29 is 9.13 Å². The minimum absolute atomic E-state index is 0.0642. The van der Waals surface area contributed by atoms with Crippen LogP contribution < -0.4 is 0 Å². The molecule has 0 spiro atoms. The number of hydrogen-bond acceptors (Lipinski definition) is 2. The first-order valence-electron chi connectivity index (χ1n) is 8.70. The van der Waals surface area contributed by atoms with Gasteiger partial charge in [-0.05, 0) is 55.4 Å². The van der Waals surface area contributed by atoms with Gasteiger partial charge < -0.3 is 4.74 Å². The summed E-state index contributed by atoms with van der Waals surface area (Å²) in [5, 5.41) is 4.42. The van der Waals surface area contributed by atoms with Crippen LogP contribution >= 0.6 is 0 Å². The molecule has 2 heterocycles. The van der Waals surface area contributed by atoms with Crippen LogP contribution in [-0.4, -0.2) is 16.4 Å². The van der Waals surface area contributed by atoms with Crippen LogP contribution in [0.2, 0.25) is 0 Å². The third kappa shape index (κ3) is 3.75. The van der Waals surface area contributed by atoms with E-state index >= 15 is 0 Å². The standard InChI is InChI=1S/C20H25FN2O/c1-14(2)17-9-7-16(8-10-17)13-18(21)19-12-15(3)23(22-19)20-6-4-5-11-24-20/h7-10,12-14,20H,4-6,11H2,1-3H3. The summed E-state index contributed by atoms with van der Waals surface area (Å²) in [5.41, 5.74) is 3.39. The van der Waals surface area contributed by atoms with E-state index in [1.807, 2.05) is 35.9 Å². The molecule has 0 bridgehead atoms. The molecule has 24 heavy (non-hydrogen) atoms. The molecule has 4 heteroatoms. The molecule has 1 aliphatic heterocycles. The monoisotopic (exact) mass is 328 g/mol. The fraction of sp³-hybridized carbons (Fsp3) is 0.450. The predicted molar refractivity (Wildman–Crippen MR) is 95.3 cm³/mol. The van der Waals surface area contributed by atoms with Crippen molar-refractivity contribution in [1.29, 1.82) is 0 Å². The summed E-state index contributed by atoms with van der Waals surface area (Å²) < 4.78 is 22.1. The van der Waals surface area contributed by atoms with Crippen molar-refractivity contribution in [2.45, 2.75) is 52.2 Å². The molecule has 3 nitrogen and oxygen atoms in total. The van der Waals surface area contributed by atoms with Crippen molar-refractivity contribution >= 4 is 11.9 Å². The van der Waals surface area contributed by atoms with Gasteiger partial charge in [-0.2, -0.15) is 5.10 Å². The van der Waals surface area contributed by atoms with Crippen LogP contribution in [0.5, 0.6) is 0 Å². The van der Waals surface area contributed by atoms with E-state index in [0.717, 1.165) is 37.1 Å². The Morgan fingerprint density at radius 3 is 2.67 bits per heavy atom. The smallest absolute Gasteiger partial charge is 0.151 e. The molecule has 0 N–H and O–H groups in total. The van der Waals surface area contributed by atoms with Gasteiger partial charge in [0.1, 0.15) is 11.9 Å². The SMILES string of the molecule is Cc1cc(C(F)=Cc2ccc(C(C)C)cc2)nn1C1CCCCO1. The molecule has 0 aliphatic carbocycles. The third-order valence-electron chi connectivity index (χ3n) is 4.49. The van der Waals surface area contributed by atoms with Crippen LogP contribution in [0.15, 0.2) is 30.3 Å². The summed E-state index contributed by atoms with van der Waals surface area (Å²) in [6, 6.07) is 9.77. The molecule has 1 aromatic heterocycles. The average Bonchev–Trinajstić information content (AvgIpc) is 2.98. The van der Waals surface area contributed by atoms with E-state index in [2.05, 4.69) is 18.9 Å². The summed E-state index contributed by atoms with van der Waals surface area (Å²) in [7, 11) is 0. The number of hydrogen-bond donors (Lipinski definition) is 0. The van der Waals surface area contributed by atoms with Gasteiger partial charge >= 0.3 is 0 Å². The molecule has 1 aliphatic rings. The highest BCUT2D eigenvalue weighted by atomic mass is 19.1. The number of nitrogens with zero attached hydrogens (tertiary/aromatic N) is 2. The van der Waals surface area contributed by atoms with Crippen LogP contribution in [0, 0.1) is 6.92 Å². The summed E-state index contributed by atoms with van der Waals surface area (Å²) in [6.45, 7) is 6.99. The van der Waals surface area contributed by atoms with E-state index < -0.39 is 0 Å². The maximum absolute atomic E-state index is 14.6. The number of rotatable bonds is 4. The normalized spacial score (nSPS) is 19.0. The summed E-state index contributed by atoms with van der Waals surface area (Å²) in [6.07, 6.45) is 4.62. The molecular weight excluding hydrogens is 303 g/mol. The van der Waals surface area contributed by atoms with Crippen LogP contribution in [0.1, 0.15) is 67.8 Å². The highest BCUT2D eigenvalue weighted by Crippen LogP contribution is 2.26. The third-order valence-corrected chi connectivity index (χ3v) is 4.49. The van der Waals surface area contributed by atoms with Gasteiger partial charge in [0, 0.05) is 12.3 Å². The first kappa shape index (κ1) is 16.9. The van der Waals surface area contributed by atoms with E-state index in [-0.39, 0.29) is 12.1 Å². The Hall–Kier alpha value is -1.94. The Bertz CT molecular complexity index is 710. The molecule has 3 rings (SSSR count). The highest BCUT2D eigenvalue weighted by Gasteiger charge is 2.19. The van der Waals surface area contributed by atoms with Crippen molar-refractivity contribution in [3.05, 3.63) is 52.8 Å². The van der Waals surface area contributed by atoms with E-state index in [9.17, 15) is 4.39 Å². The fourth-order valence-electron chi connectivity index (χ4n) is 3.01. The van der Waals surface area contributed by atoms with Gasteiger partial charge in [0.25, 0.3) is 0 Å². The lowest BCUT2D eigenvalue weighted by Crippen LogP contribution is -2.20. The van der Waals surface area contributed by atoms with E-state index in [1.54, 1.807) is 6.07 Å². The molecule has 2 aromatic rings. The summed E-state index contributed by atoms with van der Waals surface area (Å²) >= 11 is 0. The number of ether oxygens (including phenoxy) is 1. The molecule has 1 aromatic carbocycles. The number of aryl methyl sites for hydroxylation is 1. The molecule has 1 unspecified atom stereocenters. The highest BCUT2D eigenvalue weighted by molar-refractivity contribution is 5.75. The zero-order chi connectivity index (χ0) is 17.1. The van der Waals surface area contributed by atoms with Crippen molar-refractivity contribution in [2.24, 2.45) is 0 Å². The minimum atomic E-state index is -0.315. The van der Waals surface area contributed by atoms with Gasteiger partial charge in [0.05, 0.1) is 0 Å². The zero-order valence-electron chi connectivity index (χ0n) is 14.6. The van der Waals surface area contributed by atoms with Crippen LogP contribution in [0.25, 0.3) is 11.9 Å². The van der Waals surface area contributed by atoms with Gasteiger partial charge in [-0.3, -0.25) is 0 Å². The van der Waals surface area contributed by atoms with Gasteiger partial charge in [0.2, 0.25) is 0 Å². The largest absolute Gasteiger partial charge is 0.357 e. The van der Waals surface area contributed by atoms with Gasteiger partial charge in [-0.25, -0.2) is 9.07 Å². The van der Waals surface area contributed by atoms with Crippen LogP contribution in [0.3, 0.4) is 0 Å². The second-order valence-electron chi connectivity index (χ2n) is 6.75. The van der Waals surface area contributed by atoms with Gasteiger partial charge in [0.15, 0.2) is 5.83 Å². The van der Waals surface area contributed by atoms with Crippen molar-refractivity contribution in [3.63, 3.8) is 0 Å². The Kier molecular flexibility index (Phi) is 5.14. The molecule has 0 radical (unpaired) electrons. The van der Waals surface area contributed by atoms with Crippen molar-refractivity contribution in [2.75, 3.05) is 6.61 Å². The predicted octanol–water partition coefficient (Wildman–Crippen LogP) is 5.48. The number of halogens is 1. The fourth-order valence-corrected chi connectivity index (χ4v) is 3.01. The number of aromatic nitrogens is 2. The lowest BCUT2D eigenvalue weighted by atomic mass is 10.0. The van der Waals surface area contributed by atoms with Gasteiger partial charge in [-0.1, -0.05) is 38.1 Å². The molecule has 128 valence electrons. The lowest BCUT2D eigenvalue weighted by molar-refractivity contribution is -0.0407. The maximum atomic E-state index is 14.6. The molecule has 0 saturated carbocycles. The molecular formula is C20H25FN2O. The van der Waals surface area contributed by atoms with Crippen molar-refractivity contribution in [1.82, 2.24) is 9.78 Å². The van der Waals surface area contributed by atoms with E-state index in [0.29, 0.717) is 11.6 Å². The topological polar surface area (TPSA) is 27.1 Å². The average molecular weight is 328 g/mol. The van der Waals surface area contributed by atoms with E-state index in [4.69, 9.17) is 4.74 Å². The molecule has 0 amide bonds. The maximum Gasteiger partial charge on any atom is 0.151 e. The lowest BCUT2D eigenvalue weighted by Gasteiger charge is -2.23. The Labute approximate surface area is 143 Å². The van der Waals surface area contributed by atoms with Crippen LogP contribution in [0.4, 0.5) is 4.39 Å². The minimum Gasteiger partial charge on any atom is -0.357 e. The second-order valence-corrected chi connectivity index (χ2v) is 6.75. The van der Waals surface area contributed by atoms with Crippen molar-refractivity contribution in [3.8, 4) is 0 Å². The zero-order valence-corrected chi connectivity index (χ0v) is 14.6. The first-order chi connectivity index (χ1) is 11.5. The Morgan fingerprint density at radius 1 is 1.29 bits per heavy atom. The Balaban J connectivity index is 1.80. The van der Waals surface area contributed by atoms with Gasteiger partial charge in [-0.15, -0.1) is 0 Å². The molecule has 1 saturated heterocycles. The molecule has 1 atom stereocenters. The molecule has 1 fully saturated rings. The number of benzene rings is 1. The summed E-state index contributed by atoms with van der Waals surface area (Å²) in [4.78, 5) is 0. The quantitative estimate of drug-likeness (QED) is 0.743. The first-order valence-corrected chi connectivity index (χ1v) is 8.70. The Morgan fingerprint density at radius 2 is 2.04 bits per heavy atom. The second kappa shape index (κ2) is 7.31. The van der Waals surface area contributed by atoms with Crippen LogP contribution in [-0.2, 0) is 4.74 Å².